The molecule has 194 valence electrons. The van der Waals surface area contributed by atoms with E-state index in [1.165, 1.54) is 29.1 Å². The lowest BCUT2D eigenvalue weighted by molar-refractivity contribution is -0.139. The molecule has 1 aliphatic heterocycles. The van der Waals surface area contributed by atoms with Crippen LogP contribution in [-0.4, -0.2) is 43.1 Å². The summed E-state index contributed by atoms with van der Waals surface area (Å²) in [6, 6.07) is 9.40. The highest BCUT2D eigenvalue weighted by atomic mass is 32.1. The number of phenols is 1. The van der Waals surface area contributed by atoms with Gasteiger partial charge in [0.1, 0.15) is 0 Å². The number of allylic oxidation sites excluding steroid dienone is 1. The van der Waals surface area contributed by atoms with Crippen LogP contribution in [0.2, 0.25) is 0 Å². The van der Waals surface area contributed by atoms with Gasteiger partial charge in [-0.05, 0) is 62.2 Å². The van der Waals surface area contributed by atoms with Crippen LogP contribution in [0.25, 0.3) is 6.08 Å². The first-order valence-electron chi connectivity index (χ1n) is 11.7. The van der Waals surface area contributed by atoms with Crippen molar-refractivity contribution in [3.05, 3.63) is 78.5 Å². The Morgan fingerprint density at radius 1 is 1.08 bits per heavy atom. The van der Waals surface area contributed by atoms with Gasteiger partial charge in [-0.2, -0.15) is 0 Å². The van der Waals surface area contributed by atoms with Crippen molar-refractivity contribution in [1.29, 1.82) is 0 Å². The number of ether oxygens (including phenoxy) is 4. The van der Waals surface area contributed by atoms with Crippen LogP contribution in [-0.2, 0) is 9.53 Å². The number of nitrogens with zero attached hydrogens (tertiary/aromatic N) is 2. The number of rotatable bonds is 8. The molecule has 4 rings (SSSR count). The van der Waals surface area contributed by atoms with Crippen molar-refractivity contribution in [2.75, 3.05) is 27.4 Å². The quantitative estimate of drug-likeness (QED) is 0.452. The Labute approximate surface area is 217 Å². The summed E-state index contributed by atoms with van der Waals surface area (Å²) in [5.41, 5.74) is 1.68. The van der Waals surface area contributed by atoms with Crippen molar-refractivity contribution in [3.63, 3.8) is 0 Å². The maximum atomic E-state index is 13.7. The molecule has 1 unspecified atom stereocenters. The van der Waals surface area contributed by atoms with E-state index >= 15 is 0 Å². The number of benzene rings is 2. The third-order valence-electron chi connectivity index (χ3n) is 5.82. The SMILES string of the molecule is CCOC(=O)C1=C(C)N=c2s/c(=C\c3ccc(OC)c(O)c3)c(=O)n2C1c1ccc(OC)c(OCC)c1. The van der Waals surface area contributed by atoms with Gasteiger partial charge in [-0.3, -0.25) is 9.36 Å². The second kappa shape index (κ2) is 10.9. The Balaban J connectivity index is 1.94. The van der Waals surface area contributed by atoms with Gasteiger partial charge in [0, 0.05) is 0 Å². The number of esters is 1. The first-order chi connectivity index (χ1) is 17.8. The van der Waals surface area contributed by atoms with Gasteiger partial charge in [0.2, 0.25) is 0 Å². The van der Waals surface area contributed by atoms with Gasteiger partial charge in [0.15, 0.2) is 27.8 Å². The van der Waals surface area contributed by atoms with Crippen LogP contribution >= 0.6 is 11.3 Å². The lowest BCUT2D eigenvalue weighted by Gasteiger charge is -2.25. The fraction of sp³-hybridized carbons (Fsp3) is 0.296. The standard InChI is InChI=1S/C27H28N2O7S/c1-6-35-21-14-17(9-11-20(21)34-5)24-23(26(32)36-7-2)15(3)28-27-29(24)25(31)22(37-27)13-16-8-10-19(33-4)18(30)12-16/h8-14,24,30H,6-7H2,1-5H3/b22-13-. The average Bonchev–Trinajstić information content (AvgIpc) is 3.17. The number of aromatic nitrogens is 1. The molecule has 37 heavy (non-hydrogen) atoms. The Hall–Kier alpha value is -4.05. The zero-order chi connectivity index (χ0) is 26.7. The molecule has 0 radical (unpaired) electrons. The van der Waals surface area contributed by atoms with Crippen LogP contribution in [0.1, 0.15) is 37.9 Å². The molecule has 0 amide bonds. The number of fused-ring (bicyclic) bond motifs is 1. The van der Waals surface area contributed by atoms with Crippen LogP contribution in [0.4, 0.5) is 0 Å². The van der Waals surface area contributed by atoms with Gasteiger partial charge in [0.05, 0.1) is 49.3 Å². The van der Waals surface area contributed by atoms with E-state index in [-0.39, 0.29) is 23.5 Å². The van der Waals surface area contributed by atoms with Crippen LogP contribution in [0.5, 0.6) is 23.0 Å². The fourth-order valence-corrected chi connectivity index (χ4v) is 5.23. The lowest BCUT2D eigenvalue weighted by Crippen LogP contribution is -2.40. The highest BCUT2D eigenvalue weighted by Crippen LogP contribution is 2.36. The van der Waals surface area contributed by atoms with E-state index in [1.807, 2.05) is 6.92 Å². The van der Waals surface area contributed by atoms with Crippen molar-refractivity contribution in [1.82, 2.24) is 4.57 Å². The van der Waals surface area contributed by atoms with E-state index in [0.717, 1.165) is 0 Å². The Bertz CT molecular complexity index is 1550. The maximum absolute atomic E-state index is 13.7. The third-order valence-corrected chi connectivity index (χ3v) is 6.80. The maximum Gasteiger partial charge on any atom is 0.338 e. The molecule has 0 bridgehead atoms. The van der Waals surface area contributed by atoms with Gasteiger partial charge in [-0.15, -0.1) is 0 Å². The number of hydrogen-bond donors (Lipinski definition) is 1. The summed E-state index contributed by atoms with van der Waals surface area (Å²) in [7, 11) is 3.01. The molecular formula is C27H28N2O7S. The number of thiazole rings is 1. The zero-order valence-corrected chi connectivity index (χ0v) is 22.0. The van der Waals surface area contributed by atoms with E-state index in [4.69, 9.17) is 18.9 Å². The molecule has 10 heteroatoms. The normalized spacial score (nSPS) is 15.2. The predicted octanol–water partition coefficient (Wildman–Crippen LogP) is 2.92. The second-order valence-electron chi connectivity index (χ2n) is 8.08. The van der Waals surface area contributed by atoms with E-state index in [2.05, 4.69) is 4.99 Å². The van der Waals surface area contributed by atoms with Crippen LogP contribution in [0.3, 0.4) is 0 Å². The molecule has 0 saturated heterocycles. The number of carbonyl (C=O) groups is 1. The molecule has 2 aromatic carbocycles. The number of carbonyl (C=O) groups excluding carboxylic acids is 1. The second-order valence-corrected chi connectivity index (χ2v) is 9.09. The summed E-state index contributed by atoms with van der Waals surface area (Å²) >= 11 is 1.20. The number of aromatic hydroxyl groups is 1. The monoisotopic (exact) mass is 524 g/mol. The summed E-state index contributed by atoms with van der Waals surface area (Å²) in [5.74, 6) is 0.783. The van der Waals surface area contributed by atoms with Crippen molar-refractivity contribution >= 4 is 23.4 Å². The van der Waals surface area contributed by atoms with Gasteiger partial charge in [-0.25, -0.2) is 9.79 Å². The minimum atomic E-state index is -0.785. The summed E-state index contributed by atoms with van der Waals surface area (Å²) in [6.45, 7) is 5.91. The molecule has 1 aliphatic rings. The molecule has 1 aromatic heterocycles. The first-order valence-corrected chi connectivity index (χ1v) is 12.5. The molecule has 3 aromatic rings. The largest absolute Gasteiger partial charge is 0.504 e. The molecule has 0 spiro atoms. The molecule has 1 atom stereocenters. The first kappa shape index (κ1) is 26.0. The summed E-state index contributed by atoms with van der Waals surface area (Å²) < 4.78 is 23.5. The van der Waals surface area contributed by atoms with Crippen molar-refractivity contribution in [2.24, 2.45) is 4.99 Å². The Morgan fingerprint density at radius 3 is 2.46 bits per heavy atom. The lowest BCUT2D eigenvalue weighted by atomic mass is 9.95. The minimum Gasteiger partial charge on any atom is -0.504 e. The molecule has 9 nitrogen and oxygen atoms in total. The molecule has 0 saturated carbocycles. The minimum absolute atomic E-state index is 0.0379. The van der Waals surface area contributed by atoms with Gasteiger partial charge in [-0.1, -0.05) is 23.5 Å². The topological polar surface area (TPSA) is 109 Å². The highest BCUT2D eigenvalue weighted by molar-refractivity contribution is 7.07. The van der Waals surface area contributed by atoms with Crippen LogP contribution in [0.15, 0.2) is 57.5 Å². The fourth-order valence-electron chi connectivity index (χ4n) is 4.19. The predicted molar refractivity (Wildman–Crippen MR) is 139 cm³/mol. The smallest absolute Gasteiger partial charge is 0.338 e. The Kier molecular flexibility index (Phi) is 7.68. The summed E-state index contributed by atoms with van der Waals surface area (Å²) in [4.78, 5) is 31.9. The number of hydrogen-bond acceptors (Lipinski definition) is 9. The molecule has 1 N–H and O–H groups in total. The van der Waals surface area contributed by atoms with Crippen LogP contribution in [0, 0.1) is 0 Å². The molecular weight excluding hydrogens is 496 g/mol. The summed E-state index contributed by atoms with van der Waals surface area (Å²) in [6.07, 6.45) is 1.67. The van der Waals surface area contributed by atoms with E-state index in [9.17, 15) is 14.7 Å². The Morgan fingerprint density at radius 2 is 1.81 bits per heavy atom. The van der Waals surface area contributed by atoms with Crippen molar-refractivity contribution in [2.45, 2.75) is 26.8 Å². The van der Waals surface area contributed by atoms with Crippen molar-refractivity contribution < 1.29 is 28.8 Å². The van der Waals surface area contributed by atoms with Gasteiger partial charge >= 0.3 is 5.97 Å². The van der Waals surface area contributed by atoms with E-state index in [1.54, 1.807) is 57.4 Å². The molecule has 0 aliphatic carbocycles. The van der Waals surface area contributed by atoms with Crippen molar-refractivity contribution in [3.8, 4) is 23.0 Å². The molecule has 0 fully saturated rings. The summed E-state index contributed by atoms with van der Waals surface area (Å²) in [5, 5.41) is 10.2. The third kappa shape index (κ3) is 4.97. The van der Waals surface area contributed by atoms with Crippen LogP contribution < -0.4 is 29.1 Å². The average molecular weight is 525 g/mol. The van der Waals surface area contributed by atoms with E-state index < -0.39 is 12.0 Å². The molecule has 2 heterocycles. The van der Waals surface area contributed by atoms with Gasteiger partial charge < -0.3 is 24.1 Å². The zero-order valence-electron chi connectivity index (χ0n) is 21.2. The number of methoxy groups -OCH3 is 2. The number of phenolic OH excluding ortho intramolecular Hbond substituents is 1. The van der Waals surface area contributed by atoms with E-state index in [0.29, 0.717) is 50.0 Å². The van der Waals surface area contributed by atoms with Gasteiger partial charge in [0.25, 0.3) is 5.56 Å². The highest BCUT2D eigenvalue weighted by Gasteiger charge is 2.34.